The number of furan rings is 1. The van der Waals surface area contributed by atoms with Crippen LogP contribution in [0.5, 0.6) is 0 Å². The van der Waals surface area contributed by atoms with Gasteiger partial charge in [-0.15, -0.1) is 0 Å². The van der Waals surface area contributed by atoms with Crippen LogP contribution in [0.25, 0.3) is 11.0 Å². The number of fused-ring (bicyclic) bond motifs is 1. The van der Waals surface area contributed by atoms with Crippen LogP contribution in [-0.2, 0) is 5.60 Å². The lowest BCUT2D eigenvalue weighted by atomic mass is 9.71. The highest BCUT2D eigenvalue weighted by atomic mass is 16.4. The van der Waals surface area contributed by atoms with Crippen LogP contribution in [0.3, 0.4) is 0 Å². The molecule has 0 saturated heterocycles. The molecule has 1 heterocycles. The molecule has 1 fully saturated rings. The van der Waals surface area contributed by atoms with E-state index in [1.165, 1.54) is 5.56 Å². The van der Waals surface area contributed by atoms with Crippen molar-refractivity contribution in [2.24, 2.45) is 11.8 Å². The third-order valence-corrected chi connectivity index (χ3v) is 4.69. The minimum Gasteiger partial charge on any atom is -0.458 e. The Bertz CT molecular complexity index is 598. The van der Waals surface area contributed by atoms with Gasteiger partial charge in [0.2, 0.25) is 0 Å². The summed E-state index contributed by atoms with van der Waals surface area (Å²) in [5.74, 6) is 1.69. The molecule has 1 aliphatic rings. The molecule has 0 aliphatic heterocycles. The average molecular weight is 258 g/mol. The first-order chi connectivity index (χ1) is 8.99. The molecule has 2 aromatic rings. The van der Waals surface area contributed by atoms with Crippen LogP contribution in [0.1, 0.15) is 44.4 Å². The number of rotatable bonds is 1. The van der Waals surface area contributed by atoms with E-state index in [9.17, 15) is 5.11 Å². The minimum atomic E-state index is -0.792. The number of benzene rings is 1. The van der Waals surface area contributed by atoms with Gasteiger partial charge in [0.05, 0.1) is 0 Å². The lowest BCUT2D eigenvalue weighted by Crippen LogP contribution is -2.38. The molecular weight excluding hydrogens is 236 g/mol. The Morgan fingerprint density at radius 3 is 2.79 bits per heavy atom. The van der Waals surface area contributed by atoms with Gasteiger partial charge in [0.15, 0.2) is 0 Å². The van der Waals surface area contributed by atoms with E-state index >= 15 is 0 Å². The van der Waals surface area contributed by atoms with Crippen molar-refractivity contribution in [1.82, 2.24) is 0 Å². The monoisotopic (exact) mass is 258 g/mol. The van der Waals surface area contributed by atoms with Crippen molar-refractivity contribution in [2.45, 2.75) is 45.6 Å². The van der Waals surface area contributed by atoms with Crippen LogP contribution in [0.2, 0.25) is 0 Å². The summed E-state index contributed by atoms with van der Waals surface area (Å²) >= 11 is 0. The van der Waals surface area contributed by atoms with Crippen molar-refractivity contribution in [3.63, 3.8) is 0 Å². The second-order valence-corrected chi connectivity index (χ2v) is 6.36. The van der Waals surface area contributed by atoms with Gasteiger partial charge in [-0.25, -0.2) is 0 Å². The van der Waals surface area contributed by atoms with Crippen molar-refractivity contribution in [3.05, 3.63) is 35.6 Å². The van der Waals surface area contributed by atoms with Gasteiger partial charge in [0, 0.05) is 5.39 Å². The average Bonchev–Trinajstić information content (AvgIpc) is 2.77. The van der Waals surface area contributed by atoms with Gasteiger partial charge >= 0.3 is 0 Å². The molecule has 0 amide bonds. The van der Waals surface area contributed by atoms with Gasteiger partial charge in [0.25, 0.3) is 0 Å². The molecule has 1 aliphatic carbocycles. The molecule has 1 saturated carbocycles. The smallest absolute Gasteiger partial charge is 0.137 e. The molecule has 2 heteroatoms. The number of aliphatic hydroxyl groups is 1. The Labute approximate surface area is 114 Å². The second kappa shape index (κ2) is 4.38. The van der Waals surface area contributed by atoms with Crippen LogP contribution >= 0.6 is 0 Å². The van der Waals surface area contributed by atoms with Crippen molar-refractivity contribution >= 4 is 11.0 Å². The molecule has 3 unspecified atom stereocenters. The third-order valence-electron chi connectivity index (χ3n) is 4.69. The predicted molar refractivity (Wildman–Crippen MR) is 77.0 cm³/mol. The van der Waals surface area contributed by atoms with Crippen LogP contribution < -0.4 is 0 Å². The first-order valence-corrected chi connectivity index (χ1v) is 7.22. The number of hydrogen-bond donors (Lipinski definition) is 1. The highest BCUT2D eigenvalue weighted by Gasteiger charge is 2.42. The summed E-state index contributed by atoms with van der Waals surface area (Å²) in [4.78, 5) is 0. The van der Waals surface area contributed by atoms with E-state index in [-0.39, 0.29) is 5.92 Å². The fourth-order valence-electron chi connectivity index (χ4n) is 3.37. The van der Waals surface area contributed by atoms with E-state index in [0.29, 0.717) is 5.92 Å². The van der Waals surface area contributed by atoms with E-state index in [4.69, 9.17) is 4.42 Å². The fraction of sp³-hybridized carbons (Fsp3) is 0.529. The van der Waals surface area contributed by atoms with E-state index in [1.54, 1.807) is 0 Å². The molecule has 1 aromatic carbocycles. The van der Waals surface area contributed by atoms with Gasteiger partial charge in [-0.3, -0.25) is 0 Å². The lowest BCUT2D eigenvalue weighted by molar-refractivity contribution is -0.0735. The zero-order valence-corrected chi connectivity index (χ0v) is 11.9. The van der Waals surface area contributed by atoms with E-state index < -0.39 is 5.60 Å². The Balaban J connectivity index is 2.03. The van der Waals surface area contributed by atoms with Crippen molar-refractivity contribution < 1.29 is 9.52 Å². The van der Waals surface area contributed by atoms with Gasteiger partial charge in [0.1, 0.15) is 16.9 Å². The molecule has 3 rings (SSSR count). The molecule has 1 aromatic heterocycles. The van der Waals surface area contributed by atoms with Crippen molar-refractivity contribution in [3.8, 4) is 0 Å². The molecule has 0 radical (unpaired) electrons. The largest absolute Gasteiger partial charge is 0.458 e. The Kier molecular flexibility index (Phi) is 2.94. The Morgan fingerprint density at radius 1 is 1.26 bits per heavy atom. The summed E-state index contributed by atoms with van der Waals surface area (Å²) in [6.45, 7) is 6.47. The van der Waals surface area contributed by atoms with Gasteiger partial charge in [-0.05, 0) is 56.2 Å². The van der Waals surface area contributed by atoms with Crippen LogP contribution in [-0.4, -0.2) is 5.11 Å². The summed E-state index contributed by atoms with van der Waals surface area (Å²) in [5, 5.41) is 12.1. The number of hydrogen-bond acceptors (Lipinski definition) is 2. The first kappa shape index (κ1) is 12.7. The summed E-state index contributed by atoms with van der Waals surface area (Å²) in [5.41, 5.74) is 1.30. The summed E-state index contributed by atoms with van der Waals surface area (Å²) < 4.78 is 5.92. The van der Waals surface area contributed by atoms with Crippen LogP contribution in [0.15, 0.2) is 28.7 Å². The molecule has 0 spiro atoms. The Morgan fingerprint density at radius 2 is 2.05 bits per heavy atom. The maximum absolute atomic E-state index is 11.0. The van der Waals surface area contributed by atoms with Gasteiger partial charge in [-0.2, -0.15) is 0 Å². The van der Waals surface area contributed by atoms with Gasteiger partial charge in [-0.1, -0.05) is 25.5 Å². The van der Waals surface area contributed by atoms with Crippen molar-refractivity contribution in [2.75, 3.05) is 0 Å². The maximum Gasteiger partial charge on any atom is 0.137 e. The van der Waals surface area contributed by atoms with E-state index in [0.717, 1.165) is 36.0 Å². The zero-order chi connectivity index (χ0) is 13.6. The summed E-state index contributed by atoms with van der Waals surface area (Å²) in [7, 11) is 0. The highest BCUT2D eigenvalue weighted by Crippen LogP contribution is 2.45. The van der Waals surface area contributed by atoms with Crippen molar-refractivity contribution in [1.29, 1.82) is 0 Å². The highest BCUT2D eigenvalue weighted by molar-refractivity contribution is 5.78. The molecule has 102 valence electrons. The minimum absolute atomic E-state index is 0.248. The molecule has 2 nitrogen and oxygen atoms in total. The molecule has 3 atom stereocenters. The standard InChI is InChI=1S/C17H22O2/c1-11-4-5-15-14(9-11)10-16(19-15)17(18)7-6-12(2)8-13(17)3/h4-5,9-10,12-13,18H,6-8H2,1-3H3. The van der Waals surface area contributed by atoms with Gasteiger partial charge < -0.3 is 9.52 Å². The number of aryl methyl sites for hydroxylation is 1. The first-order valence-electron chi connectivity index (χ1n) is 7.22. The molecule has 1 N–H and O–H groups in total. The van der Waals surface area contributed by atoms with E-state index in [1.807, 2.05) is 18.2 Å². The third kappa shape index (κ3) is 2.08. The fourth-order valence-corrected chi connectivity index (χ4v) is 3.37. The normalized spacial score (nSPS) is 31.8. The molecular formula is C17H22O2. The summed E-state index contributed by atoms with van der Waals surface area (Å²) in [6.07, 6.45) is 2.93. The molecule has 0 bridgehead atoms. The molecule has 19 heavy (non-hydrogen) atoms. The predicted octanol–water partition coefficient (Wildman–Crippen LogP) is 4.38. The van der Waals surface area contributed by atoms with Crippen LogP contribution in [0.4, 0.5) is 0 Å². The lowest BCUT2D eigenvalue weighted by Gasteiger charge is -2.39. The zero-order valence-electron chi connectivity index (χ0n) is 11.9. The second-order valence-electron chi connectivity index (χ2n) is 6.36. The summed E-state index contributed by atoms with van der Waals surface area (Å²) in [6, 6.07) is 8.18. The Hall–Kier alpha value is -1.28. The van der Waals surface area contributed by atoms with E-state index in [2.05, 4.69) is 26.8 Å². The maximum atomic E-state index is 11.0. The van der Waals surface area contributed by atoms with Crippen LogP contribution in [0, 0.1) is 18.8 Å². The SMILES string of the molecule is Cc1ccc2oc(C3(O)CCC(C)CC3C)cc2c1. The topological polar surface area (TPSA) is 33.4 Å². The quantitative estimate of drug-likeness (QED) is 0.823.